The molecule has 4 rings (SSSR count). The predicted molar refractivity (Wildman–Crippen MR) is 116 cm³/mol. The quantitative estimate of drug-likeness (QED) is 0.360. The van der Waals surface area contributed by atoms with Crippen molar-refractivity contribution in [2.75, 3.05) is 6.61 Å². The van der Waals surface area contributed by atoms with E-state index in [1.165, 1.54) is 28.9 Å². The van der Waals surface area contributed by atoms with Crippen LogP contribution in [0.3, 0.4) is 0 Å². The smallest absolute Gasteiger partial charge is 0.488 e. The molecule has 0 saturated carbocycles. The number of hydrogen-bond donors (Lipinski definition) is 1. The molecule has 0 atom stereocenters. The summed E-state index contributed by atoms with van der Waals surface area (Å²) in [6, 6.07) is 8.92. The van der Waals surface area contributed by atoms with Crippen molar-refractivity contribution >= 4 is 16.0 Å². The first-order valence-electron chi connectivity index (χ1n) is 9.71. The highest BCUT2D eigenvalue weighted by atomic mass is 32.3. The van der Waals surface area contributed by atoms with Gasteiger partial charge in [0.1, 0.15) is 24.2 Å². The molecule has 0 bridgehead atoms. The van der Waals surface area contributed by atoms with E-state index in [0.29, 0.717) is 5.52 Å². The molecule has 0 saturated heterocycles. The molecule has 180 valence electrons. The number of nitrogens with one attached hydrogen (secondary N) is 1. The maximum Gasteiger partial charge on any atom is 0.488 e. The lowest BCUT2D eigenvalue weighted by molar-refractivity contribution is 0.282. The van der Waals surface area contributed by atoms with E-state index in [0.717, 1.165) is 35.0 Å². The normalized spacial score (nSPS) is 11.2. The van der Waals surface area contributed by atoms with Crippen LogP contribution in [-0.4, -0.2) is 29.0 Å². The number of aromatic nitrogens is 3. The minimum absolute atomic E-state index is 0.0000135. The van der Waals surface area contributed by atoms with Crippen molar-refractivity contribution in [2.45, 2.75) is 6.54 Å². The molecule has 0 aliphatic heterocycles. The topological polar surface area (TPSA) is 145 Å². The summed E-state index contributed by atoms with van der Waals surface area (Å²) in [6.45, 7) is -0.202. The first kappa shape index (κ1) is 23.5. The molecule has 0 amide bonds. The van der Waals surface area contributed by atoms with E-state index in [1.54, 1.807) is 0 Å². The molecule has 3 aromatic heterocycles. The molecule has 0 aliphatic carbocycles. The van der Waals surface area contributed by atoms with Crippen LogP contribution in [0.15, 0.2) is 64.6 Å². The summed E-state index contributed by atoms with van der Waals surface area (Å²) in [6.07, 6.45) is 3.79. The lowest BCUT2D eigenvalue weighted by atomic mass is 10.3. The molecule has 0 radical (unpaired) electrons. The van der Waals surface area contributed by atoms with E-state index < -0.39 is 33.3 Å². The fourth-order valence-corrected chi connectivity index (χ4v) is 3.47. The van der Waals surface area contributed by atoms with Gasteiger partial charge in [-0.3, -0.25) is 14.3 Å². The van der Waals surface area contributed by atoms with Crippen LogP contribution in [0.1, 0.15) is 5.56 Å². The van der Waals surface area contributed by atoms with Crippen molar-refractivity contribution in [2.24, 2.45) is 0 Å². The van der Waals surface area contributed by atoms with Crippen LogP contribution in [0.25, 0.3) is 5.52 Å². The third-order valence-electron chi connectivity index (χ3n) is 4.58. The molecule has 0 fully saturated rings. The van der Waals surface area contributed by atoms with E-state index in [2.05, 4.69) is 9.17 Å². The van der Waals surface area contributed by atoms with E-state index >= 15 is 0 Å². The Morgan fingerprint density at radius 3 is 2.57 bits per heavy atom. The Morgan fingerprint density at radius 2 is 1.86 bits per heavy atom. The van der Waals surface area contributed by atoms with Gasteiger partial charge in [-0.1, -0.05) is 3.89 Å². The Balaban J connectivity index is 1.66. The second-order valence-corrected chi connectivity index (χ2v) is 7.95. The van der Waals surface area contributed by atoms with Crippen molar-refractivity contribution in [1.29, 1.82) is 5.26 Å². The molecule has 4 aromatic rings. The Hall–Kier alpha value is -4.64. The van der Waals surface area contributed by atoms with Gasteiger partial charge in [-0.15, -0.1) is 0 Å². The number of hydrogen-bond acceptors (Lipinski definition) is 8. The Labute approximate surface area is 195 Å². The van der Waals surface area contributed by atoms with Gasteiger partial charge >= 0.3 is 16.2 Å². The first-order chi connectivity index (χ1) is 16.6. The van der Waals surface area contributed by atoms with Crippen LogP contribution in [0.2, 0.25) is 0 Å². The number of nitriles is 1. The molecule has 0 unspecified atom stereocenters. The lowest BCUT2D eigenvalue weighted by Gasteiger charge is -2.15. The monoisotopic (exact) mass is 504 g/mol. The van der Waals surface area contributed by atoms with Crippen LogP contribution in [0, 0.1) is 17.1 Å². The first-order valence-corrected chi connectivity index (χ1v) is 11.0. The number of aromatic amines is 1. The number of ether oxygens (including phenoxy) is 2. The molecule has 11 nitrogen and oxygen atoms in total. The number of nitrogens with zero attached hydrogens (tertiary/aromatic N) is 3. The van der Waals surface area contributed by atoms with Gasteiger partial charge < -0.3 is 18.1 Å². The average Bonchev–Trinajstić information content (AvgIpc) is 3.19. The van der Waals surface area contributed by atoms with Crippen molar-refractivity contribution in [3.63, 3.8) is 0 Å². The van der Waals surface area contributed by atoms with Gasteiger partial charge in [0, 0.05) is 36.8 Å². The molecule has 35 heavy (non-hydrogen) atoms. The summed E-state index contributed by atoms with van der Waals surface area (Å²) in [7, 11) is -5.33. The Kier molecular flexibility index (Phi) is 6.26. The molecule has 1 aromatic carbocycles. The second kappa shape index (κ2) is 9.31. The highest BCUT2D eigenvalue weighted by Crippen LogP contribution is 2.37. The SMILES string of the molecule is N#Cc1cc2c(Oc3ccc(OS(=O)(=O)F)cc3OCCn3ccc(=O)[nH]c3=O)cc(F)cn2c1. The van der Waals surface area contributed by atoms with Gasteiger partial charge in [-0.2, -0.15) is 13.7 Å². The number of benzene rings is 1. The van der Waals surface area contributed by atoms with E-state index in [-0.39, 0.29) is 36.0 Å². The standard InChI is InChI=1S/C21H14F2N4O7S/c22-14-8-18(16-7-13(10-24)11-27(16)12-14)33-17-2-1-15(34-35(23,30)31)9-19(17)32-6-5-26-4-3-20(28)25-21(26)29/h1-4,7-9,11-12H,5-6H2,(H,25,28,29). The molecule has 1 N–H and O–H groups in total. The predicted octanol–water partition coefficient (Wildman–Crippen LogP) is 2.26. The number of pyridine rings is 1. The summed E-state index contributed by atoms with van der Waals surface area (Å²) >= 11 is 0. The molecular formula is C21H14F2N4O7S. The molecule has 0 spiro atoms. The van der Waals surface area contributed by atoms with Crippen LogP contribution < -0.4 is 24.9 Å². The van der Waals surface area contributed by atoms with Gasteiger partial charge in [0.05, 0.1) is 17.6 Å². The zero-order chi connectivity index (χ0) is 25.2. The van der Waals surface area contributed by atoms with Gasteiger partial charge in [-0.05, 0) is 18.2 Å². The maximum absolute atomic E-state index is 14.1. The van der Waals surface area contributed by atoms with Gasteiger partial charge in [0.25, 0.3) is 5.56 Å². The Morgan fingerprint density at radius 1 is 1.06 bits per heavy atom. The molecule has 0 aliphatic rings. The van der Waals surface area contributed by atoms with Gasteiger partial charge in [0.15, 0.2) is 17.2 Å². The minimum Gasteiger partial charge on any atom is -0.488 e. The maximum atomic E-state index is 14.1. The van der Waals surface area contributed by atoms with Crippen LogP contribution >= 0.6 is 0 Å². The van der Waals surface area contributed by atoms with Crippen molar-refractivity contribution in [1.82, 2.24) is 14.0 Å². The molecular weight excluding hydrogens is 490 g/mol. The van der Waals surface area contributed by atoms with Crippen LogP contribution in [-0.2, 0) is 17.0 Å². The number of halogens is 2. The second-order valence-electron chi connectivity index (χ2n) is 6.99. The van der Waals surface area contributed by atoms with Crippen LogP contribution in [0.5, 0.6) is 23.0 Å². The van der Waals surface area contributed by atoms with Gasteiger partial charge in [0.2, 0.25) is 0 Å². The van der Waals surface area contributed by atoms with E-state index in [9.17, 15) is 26.3 Å². The van der Waals surface area contributed by atoms with Crippen molar-refractivity contribution < 1.29 is 30.4 Å². The highest BCUT2D eigenvalue weighted by Gasteiger charge is 2.16. The molecule has 3 heterocycles. The third kappa shape index (κ3) is 5.65. The fraction of sp³-hybridized carbons (Fsp3) is 0.0952. The van der Waals surface area contributed by atoms with E-state index in [4.69, 9.17) is 14.7 Å². The zero-order valence-corrected chi connectivity index (χ0v) is 18.3. The fourth-order valence-electron chi connectivity index (χ4n) is 3.14. The summed E-state index contributed by atoms with van der Waals surface area (Å²) in [5.74, 6) is -1.27. The zero-order valence-electron chi connectivity index (χ0n) is 17.5. The number of fused-ring (bicyclic) bond motifs is 1. The van der Waals surface area contributed by atoms with Crippen molar-refractivity contribution in [3.05, 3.63) is 87.2 Å². The number of rotatable bonds is 8. The summed E-state index contributed by atoms with van der Waals surface area (Å²) < 4.78 is 66.9. The van der Waals surface area contributed by atoms with Gasteiger partial charge in [-0.25, -0.2) is 9.18 Å². The van der Waals surface area contributed by atoms with Crippen molar-refractivity contribution in [3.8, 4) is 29.1 Å². The highest BCUT2D eigenvalue weighted by molar-refractivity contribution is 7.81. The third-order valence-corrected chi connectivity index (χ3v) is 4.97. The summed E-state index contributed by atoms with van der Waals surface area (Å²) in [5.41, 5.74) is -0.658. The average molecular weight is 504 g/mol. The minimum atomic E-state index is -5.33. The summed E-state index contributed by atoms with van der Waals surface area (Å²) in [4.78, 5) is 25.1. The number of H-pyrrole nitrogens is 1. The van der Waals surface area contributed by atoms with Crippen LogP contribution in [0.4, 0.5) is 8.28 Å². The Bertz CT molecular complexity index is 1690. The molecule has 14 heteroatoms. The largest absolute Gasteiger partial charge is 0.488 e. The lowest BCUT2D eigenvalue weighted by Crippen LogP contribution is -2.30. The van der Waals surface area contributed by atoms with E-state index in [1.807, 2.05) is 6.07 Å². The summed E-state index contributed by atoms with van der Waals surface area (Å²) in [5, 5.41) is 9.13.